The minimum Gasteiger partial charge on any atom is -0.489 e. The highest BCUT2D eigenvalue weighted by Gasteiger charge is 2.36. The van der Waals surface area contributed by atoms with Crippen LogP contribution in [0.4, 0.5) is 5.69 Å². The number of benzene rings is 3. The van der Waals surface area contributed by atoms with E-state index >= 15 is 0 Å². The Hall–Kier alpha value is -2.82. The summed E-state index contributed by atoms with van der Waals surface area (Å²) in [5.41, 5.74) is 14.0. The van der Waals surface area contributed by atoms with E-state index in [-0.39, 0.29) is 6.04 Å². The maximum Gasteiger partial charge on any atom is 0.122 e. The molecular formula is C32H40N2O2. The Bertz CT molecular complexity index is 1160. The number of aryl methyl sites for hydroxylation is 1. The Balaban J connectivity index is 1.43. The predicted molar refractivity (Wildman–Crippen MR) is 149 cm³/mol. The summed E-state index contributed by atoms with van der Waals surface area (Å²) in [4.78, 5) is 2.57. The zero-order valence-electron chi connectivity index (χ0n) is 21.8. The molecule has 190 valence electrons. The normalized spacial score (nSPS) is 18.2. The molecule has 1 spiro atoms. The Morgan fingerprint density at radius 2 is 1.69 bits per heavy atom. The lowest BCUT2D eigenvalue weighted by molar-refractivity contribution is 0.00212. The van der Waals surface area contributed by atoms with E-state index < -0.39 is 0 Å². The van der Waals surface area contributed by atoms with Crippen molar-refractivity contribution in [2.75, 3.05) is 31.2 Å². The van der Waals surface area contributed by atoms with Gasteiger partial charge >= 0.3 is 0 Å². The number of rotatable bonds is 7. The molecule has 0 amide bonds. The van der Waals surface area contributed by atoms with E-state index in [9.17, 15) is 0 Å². The molecule has 3 aromatic rings. The maximum absolute atomic E-state index is 6.35. The van der Waals surface area contributed by atoms with Gasteiger partial charge in [0.25, 0.3) is 0 Å². The van der Waals surface area contributed by atoms with Crippen molar-refractivity contribution in [3.63, 3.8) is 0 Å². The van der Waals surface area contributed by atoms with E-state index in [1.165, 1.54) is 53.6 Å². The number of anilines is 1. The van der Waals surface area contributed by atoms with Crippen molar-refractivity contribution < 1.29 is 9.47 Å². The van der Waals surface area contributed by atoms with E-state index in [0.29, 0.717) is 12.0 Å². The first kappa shape index (κ1) is 24.9. The number of nitrogens with zero attached hydrogens (tertiary/aromatic N) is 1. The topological polar surface area (TPSA) is 47.7 Å². The molecule has 0 radical (unpaired) electrons. The molecule has 0 aromatic heterocycles. The van der Waals surface area contributed by atoms with Crippen LogP contribution >= 0.6 is 0 Å². The predicted octanol–water partition coefficient (Wildman–Crippen LogP) is 6.91. The van der Waals surface area contributed by atoms with Crippen LogP contribution in [0, 0.1) is 5.41 Å². The Kier molecular flexibility index (Phi) is 7.64. The van der Waals surface area contributed by atoms with Gasteiger partial charge in [0.2, 0.25) is 0 Å². The molecule has 4 heteroatoms. The Labute approximate surface area is 216 Å². The van der Waals surface area contributed by atoms with Gasteiger partial charge in [-0.05, 0) is 103 Å². The van der Waals surface area contributed by atoms with E-state index in [1.807, 2.05) is 6.92 Å². The molecule has 5 rings (SSSR count). The number of hydrogen-bond donors (Lipinski definition) is 1. The van der Waals surface area contributed by atoms with E-state index in [0.717, 1.165) is 44.0 Å². The van der Waals surface area contributed by atoms with Crippen molar-refractivity contribution in [1.82, 2.24) is 0 Å². The number of piperidine rings is 1. The smallest absolute Gasteiger partial charge is 0.122 e. The summed E-state index contributed by atoms with van der Waals surface area (Å²) in [5.74, 6) is 0.977. The van der Waals surface area contributed by atoms with Crippen molar-refractivity contribution in [2.24, 2.45) is 11.1 Å². The molecule has 2 aliphatic heterocycles. The zero-order chi connectivity index (χ0) is 25.0. The third-order valence-electron chi connectivity index (χ3n) is 8.21. The lowest BCUT2D eigenvalue weighted by Crippen LogP contribution is -2.43. The first-order chi connectivity index (χ1) is 17.5. The summed E-state index contributed by atoms with van der Waals surface area (Å²) in [6, 6.07) is 24.0. The molecule has 0 aliphatic carbocycles. The van der Waals surface area contributed by atoms with Gasteiger partial charge in [0, 0.05) is 38.0 Å². The van der Waals surface area contributed by atoms with Crippen LogP contribution in [0.2, 0.25) is 0 Å². The number of para-hydroxylation sites is 1. The summed E-state index contributed by atoms with van der Waals surface area (Å²) in [5, 5.41) is 0. The zero-order valence-corrected chi connectivity index (χ0v) is 21.8. The second kappa shape index (κ2) is 11.1. The van der Waals surface area contributed by atoms with Crippen LogP contribution in [0.25, 0.3) is 11.1 Å². The van der Waals surface area contributed by atoms with Gasteiger partial charge in [-0.2, -0.15) is 0 Å². The fraction of sp³-hybridized carbons (Fsp3) is 0.438. The van der Waals surface area contributed by atoms with E-state index in [4.69, 9.17) is 15.2 Å². The first-order valence-corrected chi connectivity index (χ1v) is 13.6. The molecule has 1 atom stereocenters. The van der Waals surface area contributed by atoms with Crippen molar-refractivity contribution in [1.29, 1.82) is 0 Å². The monoisotopic (exact) mass is 484 g/mol. The van der Waals surface area contributed by atoms with Crippen molar-refractivity contribution >= 4 is 5.69 Å². The highest BCUT2D eigenvalue weighted by molar-refractivity contribution is 5.70. The van der Waals surface area contributed by atoms with Gasteiger partial charge in [-0.15, -0.1) is 0 Å². The van der Waals surface area contributed by atoms with Gasteiger partial charge in [-0.1, -0.05) is 43.3 Å². The number of hydrogen-bond acceptors (Lipinski definition) is 4. The molecule has 2 fully saturated rings. The fourth-order valence-electron chi connectivity index (χ4n) is 5.75. The van der Waals surface area contributed by atoms with Crippen LogP contribution in [0.5, 0.6) is 5.75 Å². The second-order valence-electron chi connectivity index (χ2n) is 10.7. The number of nitrogens with two attached hydrogens (primary N) is 1. The average Bonchev–Trinajstić information content (AvgIpc) is 2.93. The third-order valence-corrected chi connectivity index (χ3v) is 8.21. The van der Waals surface area contributed by atoms with Crippen LogP contribution in [0.15, 0.2) is 66.7 Å². The summed E-state index contributed by atoms with van der Waals surface area (Å²) < 4.78 is 12.0. The maximum atomic E-state index is 6.35. The van der Waals surface area contributed by atoms with Gasteiger partial charge in [0.15, 0.2) is 0 Å². The highest BCUT2D eigenvalue weighted by atomic mass is 16.5. The molecule has 2 aliphatic rings. The van der Waals surface area contributed by atoms with Gasteiger partial charge < -0.3 is 20.1 Å². The molecule has 4 nitrogen and oxygen atoms in total. The standard InChI is InChI=1S/C32H40N2O2/c1-3-26-7-4-5-10-31(26)36-23-25-19-29(28-9-6-8-27(21-28)24(2)33)22-30(20-25)34-15-11-32(12-16-34)13-17-35-18-14-32/h4-10,19-22,24H,3,11-18,23,33H2,1-2H3. The molecule has 36 heavy (non-hydrogen) atoms. The van der Waals surface area contributed by atoms with E-state index in [1.54, 1.807) is 0 Å². The summed E-state index contributed by atoms with van der Waals surface area (Å²) in [7, 11) is 0. The summed E-state index contributed by atoms with van der Waals surface area (Å²) in [6.45, 7) is 8.82. The Morgan fingerprint density at radius 3 is 2.44 bits per heavy atom. The molecule has 2 N–H and O–H groups in total. The molecule has 3 aromatic carbocycles. The first-order valence-electron chi connectivity index (χ1n) is 13.6. The van der Waals surface area contributed by atoms with Gasteiger partial charge in [0.1, 0.15) is 12.4 Å². The summed E-state index contributed by atoms with van der Waals surface area (Å²) >= 11 is 0. The van der Waals surface area contributed by atoms with Crippen LogP contribution in [-0.2, 0) is 17.8 Å². The minimum absolute atomic E-state index is 0.0132. The molecule has 0 bridgehead atoms. The number of ether oxygens (including phenoxy) is 2. The molecule has 2 heterocycles. The van der Waals surface area contributed by atoms with Crippen molar-refractivity contribution in [3.8, 4) is 16.9 Å². The minimum atomic E-state index is 0.0132. The van der Waals surface area contributed by atoms with Crippen LogP contribution in [-0.4, -0.2) is 26.3 Å². The molecule has 1 unspecified atom stereocenters. The van der Waals surface area contributed by atoms with E-state index in [2.05, 4.69) is 78.6 Å². The van der Waals surface area contributed by atoms with Crippen molar-refractivity contribution in [3.05, 3.63) is 83.4 Å². The highest BCUT2D eigenvalue weighted by Crippen LogP contribution is 2.42. The molecule has 2 saturated heterocycles. The summed E-state index contributed by atoms with van der Waals surface area (Å²) in [6.07, 6.45) is 5.88. The van der Waals surface area contributed by atoms with Crippen LogP contribution in [0.1, 0.15) is 62.3 Å². The molecular weight excluding hydrogens is 444 g/mol. The third kappa shape index (κ3) is 5.61. The second-order valence-corrected chi connectivity index (χ2v) is 10.7. The van der Waals surface area contributed by atoms with Gasteiger partial charge in [-0.3, -0.25) is 0 Å². The van der Waals surface area contributed by atoms with Crippen LogP contribution in [0.3, 0.4) is 0 Å². The largest absolute Gasteiger partial charge is 0.489 e. The lowest BCUT2D eigenvalue weighted by Gasteiger charge is -2.45. The fourth-order valence-corrected chi connectivity index (χ4v) is 5.75. The van der Waals surface area contributed by atoms with Gasteiger partial charge in [0.05, 0.1) is 0 Å². The average molecular weight is 485 g/mol. The SMILES string of the molecule is CCc1ccccc1OCc1cc(-c2cccc(C(C)N)c2)cc(N2CCC3(CCOCC3)CC2)c1. The van der Waals surface area contributed by atoms with Gasteiger partial charge in [-0.25, -0.2) is 0 Å². The molecule has 0 saturated carbocycles. The Morgan fingerprint density at radius 1 is 0.917 bits per heavy atom. The van der Waals surface area contributed by atoms with Crippen LogP contribution < -0.4 is 15.4 Å². The lowest BCUT2D eigenvalue weighted by atomic mass is 9.72. The van der Waals surface area contributed by atoms with Crippen molar-refractivity contribution in [2.45, 2.75) is 58.6 Å². The quantitative estimate of drug-likeness (QED) is 0.396.